The van der Waals surface area contributed by atoms with Crippen molar-refractivity contribution < 1.29 is 0 Å². The van der Waals surface area contributed by atoms with Crippen LogP contribution in [0.2, 0.25) is 0 Å². The predicted octanol–water partition coefficient (Wildman–Crippen LogP) is 3.18. The average Bonchev–Trinajstić information content (AvgIpc) is 2.85. The number of rotatable bonds is 3. The van der Waals surface area contributed by atoms with Gasteiger partial charge in [0.2, 0.25) is 0 Å². The third-order valence-electron chi connectivity index (χ3n) is 2.78. The monoisotopic (exact) mass is 223 g/mol. The van der Waals surface area contributed by atoms with E-state index in [0.29, 0.717) is 0 Å². The van der Waals surface area contributed by atoms with E-state index in [1.54, 1.807) is 0 Å². The molecule has 0 aliphatic rings. The summed E-state index contributed by atoms with van der Waals surface area (Å²) in [4.78, 5) is 0. The summed E-state index contributed by atoms with van der Waals surface area (Å²) in [6.07, 6.45) is 1.84. The van der Waals surface area contributed by atoms with Gasteiger partial charge in [0.15, 0.2) is 0 Å². The SMILES string of the molecule is c1ccc(NCc2ccc3cn[nH]c3c2)cc1. The van der Waals surface area contributed by atoms with Crippen molar-refractivity contribution in [2.75, 3.05) is 5.32 Å². The van der Waals surface area contributed by atoms with E-state index in [2.05, 4.69) is 45.8 Å². The number of benzene rings is 2. The number of para-hydroxylation sites is 1. The van der Waals surface area contributed by atoms with Gasteiger partial charge in [0.05, 0.1) is 11.7 Å². The number of aromatic nitrogens is 2. The largest absolute Gasteiger partial charge is 0.381 e. The highest BCUT2D eigenvalue weighted by atomic mass is 15.1. The van der Waals surface area contributed by atoms with Crippen LogP contribution < -0.4 is 5.32 Å². The predicted molar refractivity (Wildman–Crippen MR) is 69.9 cm³/mol. The van der Waals surface area contributed by atoms with Gasteiger partial charge in [-0.15, -0.1) is 0 Å². The van der Waals surface area contributed by atoms with Crippen LogP contribution in [0.5, 0.6) is 0 Å². The number of fused-ring (bicyclic) bond motifs is 1. The molecule has 2 aromatic carbocycles. The summed E-state index contributed by atoms with van der Waals surface area (Å²) in [5.74, 6) is 0. The molecule has 0 spiro atoms. The molecule has 0 aliphatic heterocycles. The third kappa shape index (κ3) is 2.13. The Balaban J connectivity index is 1.76. The molecule has 2 N–H and O–H groups in total. The van der Waals surface area contributed by atoms with Gasteiger partial charge in [-0.05, 0) is 23.8 Å². The average molecular weight is 223 g/mol. The molecule has 1 heterocycles. The first kappa shape index (κ1) is 9.90. The Morgan fingerprint density at radius 2 is 1.94 bits per heavy atom. The van der Waals surface area contributed by atoms with E-state index >= 15 is 0 Å². The van der Waals surface area contributed by atoms with Crippen molar-refractivity contribution in [3.63, 3.8) is 0 Å². The van der Waals surface area contributed by atoms with Gasteiger partial charge in [-0.3, -0.25) is 5.10 Å². The van der Waals surface area contributed by atoms with E-state index in [9.17, 15) is 0 Å². The first-order valence-corrected chi connectivity index (χ1v) is 5.63. The van der Waals surface area contributed by atoms with Crippen LogP contribution >= 0.6 is 0 Å². The number of nitrogens with zero attached hydrogens (tertiary/aromatic N) is 1. The maximum atomic E-state index is 4.02. The molecule has 0 aliphatic carbocycles. The molecule has 0 radical (unpaired) electrons. The van der Waals surface area contributed by atoms with Crippen molar-refractivity contribution in [1.82, 2.24) is 10.2 Å². The third-order valence-corrected chi connectivity index (χ3v) is 2.78. The van der Waals surface area contributed by atoms with Crippen molar-refractivity contribution >= 4 is 16.6 Å². The topological polar surface area (TPSA) is 40.7 Å². The van der Waals surface area contributed by atoms with E-state index in [4.69, 9.17) is 0 Å². The molecule has 17 heavy (non-hydrogen) atoms. The van der Waals surface area contributed by atoms with Crippen molar-refractivity contribution in [2.45, 2.75) is 6.54 Å². The molecule has 3 aromatic rings. The van der Waals surface area contributed by atoms with Crippen molar-refractivity contribution in [3.05, 3.63) is 60.3 Å². The number of hydrogen-bond donors (Lipinski definition) is 2. The Hall–Kier alpha value is -2.29. The van der Waals surface area contributed by atoms with Gasteiger partial charge in [0, 0.05) is 17.6 Å². The Kier molecular flexibility index (Phi) is 2.50. The fraction of sp³-hybridized carbons (Fsp3) is 0.0714. The molecule has 0 unspecified atom stereocenters. The summed E-state index contributed by atoms with van der Waals surface area (Å²) in [5, 5.41) is 11.5. The zero-order valence-corrected chi connectivity index (χ0v) is 9.35. The molecule has 0 atom stereocenters. The first-order chi connectivity index (χ1) is 8.42. The Bertz CT molecular complexity index is 613. The number of nitrogens with one attached hydrogen (secondary N) is 2. The first-order valence-electron chi connectivity index (χ1n) is 5.63. The summed E-state index contributed by atoms with van der Waals surface area (Å²) in [5.41, 5.74) is 3.46. The van der Waals surface area contributed by atoms with Crippen LogP contribution in [-0.4, -0.2) is 10.2 Å². The van der Waals surface area contributed by atoms with E-state index in [0.717, 1.165) is 23.1 Å². The molecule has 84 valence electrons. The van der Waals surface area contributed by atoms with E-state index in [-0.39, 0.29) is 0 Å². The molecule has 0 fully saturated rings. The highest BCUT2D eigenvalue weighted by Crippen LogP contribution is 2.14. The Morgan fingerprint density at radius 3 is 2.82 bits per heavy atom. The van der Waals surface area contributed by atoms with Gasteiger partial charge >= 0.3 is 0 Å². The Morgan fingerprint density at radius 1 is 1.06 bits per heavy atom. The minimum Gasteiger partial charge on any atom is -0.381 e. The van der Waals surface area contributed by atoms with E-state index in [1.165, 1.54) is 5.56 Å². The van der Waals surface area contributed by atoms with Gasteiger partial charge < -0.3 is 5.32 Å². The standard InChI is InChI=1S/C14H13N3/c1-2-4-13(5-3-1)15-9-11-6-7-12-10-16-17-14(12)8-11/h1-8,10,15H,9H2,(H,16,17). The molecule has 0 saturated heterocycles. The van der Waals surface area contributed by atoms with Crippen molar-refractivity contribution in [3.8, 4) is 0 Å². The minimum absolute atomic E-state index is 0.818. The summed E-state index contributed by atoms with van der Waals surface area (Å²) in [7, 11) is 0. The van der Waals surface area contributed by atoms with Crippen molar-refractivity contribution in [1.29, 1.82) is 0 Å². The number of H-pyrrole nitrogens is 1. The highest BCUT2D eigenvalue weighted by molar-refractivity contribution is 5.78. The smallest absolute Gasteiger partial charge is 0.0653 e. The molecule has 3 nitrogen and oxygen atoms in total. The normalized spacial score (nSPS) is 10.6. The van der Waals surface area contributed by atoms with Crippen LogP contribution in [0.25, 0.3) is 10.9 Å². The second-order valence-electron chi connectivity index (χ2n) is 4.01. The number of hydrogen-bond acceptors (Lipinski definition) is 2. The Labute approximate surface area is 99.5 Å². The van der Waals surface area contributed by atoms with Crippen LogP contribution in [0.1, 0.15) is 5.56 Å². The summed E-state index contributed by atoms with van der Waals surface area (Å²) in [6, 6.07) is 16.5. The molecule has 3 rings (SSSR count). The maximum absolute atomic E-state index is 4.02. The number of anilines is 1. The van der Waals surface area contributed by atoms with E-state index < -0.39 is 0 Å². The quantitative estimate of drug-likeness (QED) is 0.716. The lowest BCUT2D eigenvalue weighted by Gasteiger charge is -2.06. The molecule has 0 bridgehead atoms. The van der Waals surface area contributed by atoms with Crippen LogP contribution in [0.4, 0.5) is 5.69 Å². The summed E-state index contributed by atoms with van der Waals surface area (Å²) < 4.78 is 0. The van der Waals surface area contributed by atoms with Crippen LogP contribution in [0.15, 0.2) is 54.7 Å². The summed E-state index contributed by atoms with van der Waals surface area (Å²) >= 11 is 0. The second-order valence-corrected chi connectivity index (χ2v) is 4.01. The fourth-order valence-corrected chi connectivity index (χ4v) is 1.85. The molecule has 3 heteroatoms. The molecule has 0 amide bonds. The lowest BCUT2D eigenvalue weighted by Crippen LogP contribution is -1.98. The van der Waals surface area contributed by atoms with Crippen LogP contribution in [0, 0.1) is 0 Å². The summed E-state index contributed by atoms with van der Waals surface area (Å²) in [6.45, 7) is 0.818. The molecule has 0 saturated carbocycles. The lowest BCUT2D eigenvalue weighted by atomic mass is 10.1. The second kappa shape index (κ2) is 4.29. The molecule has 1 aromatic heterocycles. The zero-order valence-electron chi connectivity index (χ0n) is 9.35. The van der Waals surface area contributed by atoms with Gasteiger partial charge in [0.1, 0.15) is 0 Å². The number of aromatic amines is 1. The lowest BCUT2D eigenvalue weighted by molar-refractivity contribution is 1.11. The van der Waals surface area contributed by atoms with Gasteiger partial charge in [-0.25, -0.2) is 0 Å². The zero-order chi connectivity index (χ0) is 11.5. The minimum atomic E-state index is 0.818. The van der Waals surface area contributed by atoms with Crippen molar-refractivity contribution in [2.24, 2.45) is 0 Å². The maximum Gasteiger partial charge on any atom is 0.0653 e. The van der Waals surface area contributed by atoms with E-state index in [1.807, 2.05) is 24.4 Å². The van der Waals surface area contributed by atoms with Gasteiger partial charge in [-0.2, -0.15) is 5.10 Å². The fourth-order valence-electron chi connectivity index (χ4n) is 1.85. The van der Waals surface area contributed by atoms with Gasteiger partial charge in [0.25, 0.3) is 0 Å². The van der Waals surface area contributed by atoms with Gasteiger partial charge in [-0.1, -0.05) is 30.3 Å². The van der Waals surface area contributed by atoms with Crippen LogP contribution in [-0.2, 0) is 6.54 Å². The molecular weight excluding hydrogens is 210 g/mol. The highest BCUT2D eigenvalue weighted by Gasteiger charge is 1.98. The molecular formula is C14H13N3. The van der Waals surface area contributed by atoms with Crippen LogP contribution in [0.3, 0.4) is 0 Å².